The number of rotatable bonds is 2. The number of H-pyrrole nitrogens is 2. The zero-order valence-electron chi connectivity index (χ0n) is 11.2. The van der Waals surface area contributed by atoms with E-state index in [4.69, 9.17) is 14.9 Å². The first-order chi connectivity index (χ1) is 10.9. The van der Waals surface area contributed by atoms with Crippen molar-refractivity contribution in [3.05, 3.63) is 65.9 Å². The summed E-state index contributed by atoms with van der Waals surface area (Å²) in [5, 5.41) is 20.0. The molecule has 4 N–H and O–H groups in total. The van der Waals surface area contributed by atoms with E-state index in [-0.39, 0.29) is 28.7 Å². The Balaban J connectivity index is 2.29. The average Bonchev–Trinajstić information content (AvgIpc) is 2.95. The smallest absolute Gasteiger partial charge is 0.424 e. The molecule has 1 aliphatic heterocycles. The van der Waals surface area contributed by atoms with Crippen molar-refractivity contribution in [2.24, 2.45) is 5.73 Å². The fraction of sp³-hybridized carbons (Fsp3) is 0.0833. The molecule has 0 saturated heterocycles. The monoisotopic (exact) mass is 317 g/mol. The molecule has 0 bridgehead atoms. The second-order valence-corrected chi connectivity index (χ2v) is 4.51. The van der Waals surface area contributed by atoms with Crippen molar-refractivity contribution in [3.63, 3.8) is 0 Å². The molecule has 3 heterocycles. The molecule has 0 fully saturated rings. The fourth-order valence-corrected chi connectivity index (χ4v) is 2.27. The number of hydrogen-bond acceptors (Lipinski definition) is 8. The summed E-state index contributed by atoms with van der Waals surface area (Å²) in [4.78, 5) is 37.6. The number of aromatic amines is 2. The predicted octanol–water partition coefficient (Wildman–Crippen LogP) is -0.217. The highest BCUT2D eigenvalue weighted by atomic mass is 16.6. The lowest BCUT2D eigenvalue weighted by atomic mass is 9.89. The van der Waals surface area contributed by atoms with Gasteiger partial charge in [-0.05, 0) is 6.07 Å². The summed E-state index contributed by atoms with van der Waals surface area (Å²) >= 11 is 0. The van der Waals surface area contributed by atoms with Crippen molar-refractivity contribution in [2.45, 2.75) is 5.92 Å². The Morgan fingerprint density at radius 1 is 1.35 bits per heavy atom. The summed E-state index contributed by atoms with van der Waals surface area (Å²) in [7, 11) is 0. The molecule has 116 valence electrons. The van der Waals surface area contributed by atoms with Crippen LogP contribution in [0, 0.1) is 21.4 Å². The number of furan rings is 1. The lowest BCUT2D eigenvalue weighted by Gasteiger charge is -2.22. The van der Waals surface area contributed by atoms with E-state index >= 15 is 0 Å². The molecular weight excluding hydrogens is 310 g/mol. The maximum atomic E-state index is 12.1. The summed E-state index contributed by atoms with van der Waals surface area (Å²) in [5.74, 6) is -2.36. The lowest BCUT2D eigenvalue weighted by Crippen LogP contribution is -2.33. The molecule has 0 amide bonds. The molecule has 1 atom stereocenters. The highest BCUT2D eigenvalue weighted by molar-refractivity contribution is 5.50. The molecule has 1 unspecified atom stereocenters. The van der Waals surface area contributed by atoms with Crippen LogP contribution in [0.2, 0.25) is 0 Å². The maximum Gasteiger partial charge on any atom is 0.433 e. The second kappa shape index (κ2) is 4.88. The van der Waals surface area contributed by atoms with Crippen LogP contribution in [0.4, 0.5) is 5.88 Å². The number of aromatic nitrogens is 2. The van der Waals surface area contributed by atoms with E-state index in [1.54, 1.807) is 6.07 Å². The van der Waals surface area contributed by atoms with Crippen molar-refractivity contribution in [1.29, 1.82) is 5.26 Å². The summed E-state index contributed by atoms with van der Waals surface area (Å²) in [5.41, 5.74) is 3.66. The molecule has 0 spiro atoms. The van der Waals surface area contributed by atoms with Gasteiger partial charge in [0.1, 0.15) is 22.3 Å². The quantitative estimate of drug-likeness (QED) is 0.501. The van der Waals surface area contributed by atoms with Crippen LogP contribution in [-0.2, 0) is 0 Å². The van der Waals surface area contributed by atoms with Gasteiger partial charge in [-0.2, -0.15) is 5.26 Å². The van der Waals surface area contributed by atoms with Crippen LogP contribution in [-0.4, -0.2) is 14.9 Å². The third-order valence-electron chi connectivity index (χ3n) is 3.20. The Hall–Kier alpha value is -3.81. The first kappa shape index (κ1) is 14.1. The Morgan fingerprint density at radius 3 is 2.70 bits per heavy atom. The van der Waals surface area contributed by atoms with Gasteiger partial charge in [-0.3, -0.25) is 24.9 Å². The molecule has 1 aliphatic rings. The first-order valence-electron chi connectivity index (χ1n) is 6.10. The summed E-state index contributed by atoms with van der Waals surface area (Å²) in [6, 6.07) is 4.10. The molecule has 23 heavy (non-hydrogen) atoms. The minimum absolute atomic E-state index is 0.0571. The Morgan fingerprint density at radius 2 is 2.09 bits per heavy atom. The third-order valence-corrected chi connectivity index (χ3v) is 3.20. The van der Waals surface area contributed by atoms with E-state index in [1.165, 1.54) is 6.07 Å². The zero-order chi connectivity index (χ0) is 16.7. The molecule has 0 saturated carbocycles. The number of nitrogens with one attached hydrogen (secondary N) is 2. The van der Waals surface area contributed by atoms with Crippen molar-refractivity contribution >= 4 is 5.88 Å². The fourth-order valence-electron chi connectivity index (χ4n) is 2.27. The van der Waals surface area contributed by atoms with Crippen LogP contribution < -0.4 is 21.7 Å². The van der Waals surface area contributed by atoms with E-state index in [1.807, 2.05) is 4.98 Å². The first-order valence-corrected chi connectivity index (χ1v) is 6.10. The average molecular weight is 317 g/mol. The second-order valence-electron chi connectivity index (χ2n) is 4.51. The summed E-state index contributed by atoms with van der Waals surface area (Å²) in [6.45, 7) is 0. The van der Waals surface area contributed by atoms with Crippen LogP contribution >= 0.6 is 0 Å². The van der Waals surface area contributed by atoms with Crippen LogP contribution in [0.3, 0.4) is 0 Å². The lowest BCUT2D eigenvalue weighted by molar-refractivity contribution is -0.402. The van der Waals surface area contributed by atoms with Crippen LogP contribution in [0.1, 0.15) is 17.2 Å². The van der Waals surface area contributed by atoms with Gasteiger partial charge in [0, 0.05) is 0 Å². The zero-order valence-corrected chi connectivity index (χ0v) is 11.2. The Labute approximate surface area is 125 Å². The molecule has 0 radical (unpaired) electrons. The number of nitriles is 1. The number of nitro groups is 1. The van der Waals surface area contributed by atoms with Gasteiger partial charge in [-0.1, -0.05) is 0 Å². The molecule has 2 aromatic heterocycles. The van der Waals surface area contributed by atoms with Gasteiger partial charge in [0.05, 0.1) is 17.5 Å². The van der Waals surface area contributed by atoms with Gasteiger partial charge < -0.3 is 14.9 Å². The maximum absolute atomic E-state index is 12.1. The minimum atomic E-state index is -1.14. The number of ether oxygens (including phenoxy) is 1. The number of nitrogens with two attached hydrogens (primary N) is 1. The SMILES string of the molecule is N#CC1=C(N)Oc2[nH]c(=O)[nH]c(=O)c2C1c1ccc([N+](=O)[O-])o1. The predicted molar refractivity (Wildman–Crippen MR) is 72.3 cm³/mol. The Kier molecular flexibility index (Phi) is 3.00. The summed E-state index contributed by atoms with van der Waals surface area (Å²) < 4.78 is 10.2. The van der Waals surface area contributed by atoms with Crippen molar-refractivity contribution in [3.8, 4) is 11.9 Å². The normalized spacial score (nSPS) is 16.4. The Bertz CT molecular complexity index is 1000. The topological polar surface area (TPSA) is 181 Å². The number of hydrogen-bond donors (Lipinski definition) is 3. The molecule has 11 nitrogen and oxygen atoms in total. The van der Waals surface area contributed by atoms with Gasteiger partial charge >= 0.3 is 11.6 Å². The van der Waals surface area contributed by atoms with Crippen LogP contribution in [0.5, 0.6) is 5.88 Å². The largest absolute Gasteiger partial charge is 0.433 e. The van der Waals surface area contributed by atoms with Crippen molar-refractivity contribution in [1.82, 2.24) is 9.97 Å². The number of allylic oxidation sites excluding steroid dienone is 1. The van der Waals surface area contributed by atoms with Gasteiger partial charge in [0.15, 0.2) is 0 Å². The van der Waals surface area contributed by atoms with Gasteiger partial charge in [0.2, 0.25) is 11.8 Å². The number of fused-ring (bicyclic) bond motifs is 1. The third kappa shape index (κ3) is 2.14. The molecule has 11 heteroatoms. The highest BCUT2D eigenvalue weighted by Gasteiger charge is 2.36. The van der Waals surface area contributed by atoms with E-state index in [9.17, 15) is 25.0 Å². The van der Waals surface area contributed by atoms with Crippen LogP contribution in [0.25, 0.3) is 0 Å². The van der Waals surface area contributed by atoms with E-state index in [0.29, 0.717) is 0 Å². The summed E-state index contributed by atoms with van der Waals surface area (Å²) in [6.07, 6.45) is 0. The van der Waals surface area contributed by atoms with Gasteiger partial charge in [0.25, 0.3) is 5.56 Å². The van der Waals surface area contributed by atoms with Crippen LogP contribution in [0.15, 0.2) is 37.6 Å². The molecule has 2 aromatic rings. The standard InChI is InChI=1S/C12H7N5O6/c13-3-4-7(5-1-2-6(22-5)17(20)21)8-10(18)15-12(19)16-11(8)23-9(4)14/h1-2,7H,14H2,(H2,15,16,18,19). The van der Waals surface area contributed by atoms with Crippen molar-refractivity contribution < 1.29 is 14.1 Å². The van der Waals surface area contributed by atoms with E-state index in [2.05, 4.69) is 4.98 Å². The van der Waals surface area contributed by atoms with Crippen molar-refractivity contribution in [2.75, 3.05) is 0 Å². The molecule has 0 aliphatic carbocycles. The highest BCUT2D eigenvalue weighted by Crippen LogP contribution is 2.39. The van der Waals surface area contributed by atoms with Gasteiger partial charge in [-0.25, -0.2) is 4.79 Å². The molecular formula is C12H7N5O6. The minimum Gasteiger partial charge on any atom is -0.424 e. The van der Waals surface area contributed by atoms with E-state index in [0.717, 1.165) is 6.07 Å². The molecule has 3 rings (SSSR count). The molecule has 0 aromatic carbocycles. The van der Waals surface area contributed by atoms with Gasteiger partial charge in [-0.15, -0.1) is 0 Å². The number of nitrogens with zero attached hydrogens (tertiary/aromatic N) is 2. The van der Waals surface area contributed by atoms with E-state index < -0.39 is 28.0 Å².